The van der Waals surface area contributed by atoms with Crippen molar-refractivity contribution in [2.24, 2.45) is 0 Å². The highest BCUT2D eigenvalue weighted by Crippen LogP contribution is 2.31. The molecule has 0 spiro atoms. The van der Waals surface area contributed by atoms with Gasteiger partial charge in [0.25, 0.3) is 0 Å². The molecule has 6 nitrogen and oxygen atoms in total. The molecule has 1 aromatic rings. The molecular formula is C24H33FN2O4. The normalized spacial score (nSPS) is 19.4. The highest BCUT2D eigenvalue weighted by Gasteiger charge is 2.39. The largest absolute Gasteiger partial charge is 0.497 e. The first kappa shape index (κ1) is 24.6. The maximum absolute atomic E-state index is 14.5. The summed E-state index contributed by atoms with van der Waals surface area (Å²) in [4.78, 5) is 24.6. The summed E-state index contributed by atoms with van der Waals surface area (Å²) < 4.78 is 19.5. The summed E-state index contributed by atoms with van der Waals surface area (Å²) in [5.41, 5.74) is -1.39. The van der Waals surface area contributed by atoms with E-state index in [9.17, 15) is 19.1 Å². The predicted molar refractivity (Wildman–Crippen MR) is 118 cm³/mol. The van der Waals surface area contributed by atoms with Crippen LogP contribution in [0.3, 0.4) is 0 Å². The number of ether oxygens (including phenoxy) is 1. The molecule has 1 aliphatic heterocycles. The number of hydrogen-bond acceptors (Lipinski definition) is 4. The van der Waals surface area contributed by atoms with Gasteiger partial charge in [-0.1, -0.05) is 18.2 Å². The average Bonchev–Trinajstić information content (AvgIpc) is 3.09. The minimum Gasteiger partial charge on any atom is -0.497 e. The first-order chi connectivity index (χ1) is 14.7. The van der Waals surface area contributed by atoms with Crippen molar-refractivity contribution in [3.8, 4) is 5.75 Å². The van der Waals surface area contributed by atoms with Crippen molar-refractivity contribution >= 4 is 11.8 Å². The molecule has 1 heterocycles. The summed E-state index contributed by atoms with van der Waals surface area (Å²) in [5, 5.41) is 16.6. The quantitative estimate of drug-likeness (QED) is 0.443. The van der Waals surface area contributed by atoms with E-state index in [1.165, 1.54) is 13.2 Å². The number of halogens is 1. The molecule has 7 heteroatoms. The van der Waals surface area contributed by atoms with Gasteiger partial charge in [0.2, 0.25) is 11.8 Å². The lowest BCUT2D eigenvalue weighted by Crippen LogP contribution is -2.51. The molecule has 1 aliphatic rings. The van der Waals surface area contributed by atoms with E-state index < -0.39 is 23.0 Å². The summed E-state index contributed by atoms with van der Waals surface area (Å²) >= 11 is 0. The van der Waals surface area contributed by atoms with Crippen LogP contribution in [-0.4, -0.2) is 41.2 Å². The van der Waals surface area contributed by atoms with E-state index in [2.05, 4.69) is 23.8 Å². The summed E-state index contributed by atoms with van der Waals surface area (Å²) in [5.74, 6) is -0.327. The lowest BCUT2D eigenvalue weighted by atomic mass is 9.84. The number of nitrogens with one attached hydrogen (secondary N) is 2. The van der Waals surface area contributed by atoms with Crippen LogP contribution in [0.25, 0.3) is 0 Å². The van der Waals surface area contributed by atoms with E-state index in [1.807, 2.05) is 0 Å². The van der Waals surface area contributed by atoms with Crippen LogP contribution in [0.4, 0.5) is 4.39 Å². The Labute approximate surface area is 183 Å². The molecule has 0 radical (unpaired) electrons. The van der Waals surface area contributed by atoms with Crippen LogP contribution in [0.15, 0.2) is 43.5 Å². The van der Waals surface area contributed by atoms with Gasteiger partial charge in [0.1, 0.15) is 11.6 Å². The van der Waals surface area contributed by atoms with Crippen LogP contribution < -0.4 is 15.4 Å². The van der Waals surface area contributed by atoms with E-state index in [-0.39, 0.29) is 24.7 Å². The third kappa shape index (κ3) is 6.40. The molecule has 0 aromatic heterocycles. The molecule has 0 unspecified atom stereocenters. The van der Waals surface area contributed by atoms with Gasteiger partial charge in [-0.15, -0.1) is 13.2 Å². The second-order valence-electron chi connectivity index (χ2n) is 8.34. The Bertz CT molecular complexity index is 816. The summed E-state index contributed by atoms with van der Waals surface area (Å²) in [6, 6.07) is 4.13. The predicted octanol–water partition coefficient (Wildman–Crippen LogP) is 3.19. The second-order valence-corrected chi connectivity index (χ2v) is 8.34. The van der Waals surface area contributed by atoms with Gasteiger partial charge in [-0.2, -0.15) is 0 Å². The van der Waals surface area contributed by atoms with E-state index >= 15 is 0 Å². The third-order valence-corrected chi connectivity index (χ3v) is 6.03. The van der Waals surface area contributed by atoms with Gasteiger partial charge in [-0.3, -0.25) is 9.59 Å². The van der Waals surface area contributed by atoms with E-state index in [0.717, 1.165) is 0 Å². The second kappa shape index (κ2) is 10.6. The lowest BCUT2D eigenvalue weighted by molar-refractivity contribution is -0.125. The van der Waals surface area contributed by atoms with Crippen molar-refractivity contribution in [2.75, 3.05) is 7.11 Å². The Morgan fingerprint density at radius 3 is 2.61 bits per heavy atom. The molecule has 2 rings (SSSR count). The number of amides is 2. The van der Waals surface area contributed by atoms with Crippen LogP contribution in [0.5, 0.6) is 5.75 Å². The van der Waals surface area contributed by atoms with Crippen LogP contribution in [0.1, 0.15) is 51.0 Å². The Kier molecular flexibility index (Phi) is 8.39. The monoisotopic (exact) mass is 432 g/mol. The number of carbonyl (C=O) groups is 2. The topological polar surface area (TPSA) is 87.7 Å². The minimum atomic E-state index is -1.16. The van der Waals surface area contributed by atoms with Crippen molar-refractivity contribution in [3.63, 3.8) is 0 Å². The van der Waals surface area contributed by atoms with Crippen molar-refractivity contribution in [2.45, 2.75) is 69.1 Å². The number of benzene rings is 1. The lowest BCUT2D eigenvalue weighted by Gasteiger charge is -2.34. The van der Waals surface area contributed by atoms with Crippen LogP contribution >= 0.6 is 0 Å². The van der Waals surface area contributed by atoms with Crippen molar-refractivity contribution in [1.29, 1.82) is 0 Å². The highest BCUT2D eigenvalue weighted by molar-refractivity contribution is 5.80. The maximum atomic E-state index is 14.5. The van der Waals surface area contributed by atoms with Gasteiger partial charge in [-0.05, 0) is 50.7 Å². The number of carbonyl (C=O) groups excluding carboxylic acids is 2. The standard InChI is InChI=1S/C24H33FN2O4/c1-5-11-24(30,12-6-2)17(3)26-21(28)9-13-23(14-10-22(29)27-23)16-18-7-8-19(31-4)15-20(18)25/h5-8,15,17,30H,1-2,9-14,16H2,3-4H3,(H,26,28)(H,27,29)/t17-,23-/m0/s1. The summed E-state index contributed by atoms with van der Waals surface area (Å²) in [6.45, 7) is 9.07. The van der Waals surface area contributed by atoms with Gasteiger partial charge >= 0.3 is 0 Å². The third-order valence-electron chi connectivity index (χ3n) is 6.03. The Hall–Kier alpha value is -2.67. The minimum absolute atomic E-state index is 0.103. The van der Waals surface area contributed by atoms with Gasteiger partial charge in [-0.25, -0.2) is 4.39 Å². The zero-order valence-electron chi connectivity index (χ0n) is 18.4. The number of aliphatic hydroxyl groups is 1. The van der Waals surface area contributed by atoms with Crippen molar-refractivity contribution < 1.29 is 23.8 Å². The smallest absolute Gasteiger partial charge is 0.220 e. The zero-order chi connectivity index (χ0) is 23.1. The highest BCUT2D eigenvalue weighted by atomic mass is 19.1. The maximum Gasteiger partial charge on any atom is 0.220 e. The van der Waals surface area contributed by atoms with Gasteiger partial charge < -0.3 is 20.5 Å². The van der Waals surface area contributed by atoms with E-state index in [1.54, 1.807) is 31.2 Å². The van der Waals surface area contributed by atoms with Crippen LogP contribution in [-0.2, 0) is 16.0 Å². The molecule has 1 aromatic carbocycles. The molecule has 2 amide bonds. The van der Waals surface area contributed by atoms with Gasteiger partial charge in [0.15, 0.2) is 0 Å². The zero-order valence-corrected chi connectivity index (χ0v) is 18.4. The molecule has 3 N–H and O–H groups in total. The van der Waals surface area contributed by atoms with Gasteiger partial charge in [0, 0.05) is 24.4 Å². The molecule has 0 aliphatic carbocycles. The fraction of sp³-hybridized carbons (Fsp3) is 0.500. The number of hydrogen-bond donors (Lipinski definition) is 3. The Morgan fingerprint density at radius 1 is 1.42 bits per heavy atom. The molecule has 1 saturated heterocycles. The number of rotatable bonds is 12. The van der Waals surface area contributed by atoms with Crippen LogP contribution in [0.2, 0.25) is 0 Å². The molecule has 1 fully saturated rings. The van der Waals surface area contributed by atoms with Crippen molar-refractivity contribution in [1.82, 2.24) is 10.6 Å². The van der Waals surface area contributed by atoms with E-state index in [4.69, 9.17) is 4.74 Å². The molecule has 0 bridgehead atoms. The van der Waals surface area contributed by atoms with Gasteiger partial charge in [0.05, 0.1) is 18.8 Å². The molecule has 170 valence electrons. The first-order valence-corrected chi connectivity index (χ1v) is 10.5. The molecule has 2 atom stereocenters. The Morgan fingerprint density at radius 2 is 2.10 bits per heavy atom. The molecule has 0 saturated carbocycles. The first-order valence-electron chi connectivity index (χ1n) is 10.5. The molecule has 31 heavy (non-hydrogen) atoms. The summed E-state index contributed by atoms with van der Waals surface area (Å²) in [6.07, 6.45) is 5.51. The van der Waals surface area contributed by atoms with Crippen LogP contribution in [0, 0.1) is 5.82 Å². The average molecular weight is 433 g/mol. The van der Waals surface area contributed by atoms with E-state index in [0.29, 0.717) is 43.4 Å². The van der Waals surface area contributed by atoms with Crippen molar-refractivity contribution in [3.05, 3.63) is 54.9 Å². The Balaban J connectivity index is 2.06. The molecular weight excluding hydrogens is 399 g/mol. The fourth-order valence-corrected chi connectivity index (χ4v) is 4.08. The number of methoxy groups -OCH3 is 1. The SMILES string of the molecule is C=CCC(O)(CC=C)[C@H](C)NC(=O)CC[C@@]1(Cc2ccc(OC)cc2F)CCC(=O)N1. The summed E-state index contributed by atoms with van der Waals surface area (Å²) in [7, 11) is 1.47. The fourth-order valence-electron chi connectivity index (χ4n) is 4.08.